The minimum absolute atomic E-state index is 0.325. The van der Waals surface area contributed by atoms with E-state index in [2.05, 4.69) is 37.2 Å². The van der Waals surface area contributed by atoms with Gasteiger partial charge in [-0.25, -0.2) is 4.39 Å². The smallest absolute Gasteiger partial charge is 0.256 e. The van der Waals surface area contributed by atoms with E-state index in [0.717, 1.165) is 4.47 Å². The molecule has 0 radical (unpaired) electrons. The van der Waals surface area contributed by atoms with Gasteiger partial charge in [-0.1, -0.05) is 0 Å². The Balaban J connectivity index is 2.21. The van der Waals surface area contributed by atoms with Crippen LogP contribution in [0, 0.1) is 5.82 Å². The first-order chi connectivity index (χ1) is 9.51. The van der Waals surface area contributed by atoms with Crippen molar-refractivity contribution >= 4 is 43.5 Å². The quantitative estimate of drug-likeness (QED) is 0.813. The van der Waals surface area contributed by atoms with E-state index in [0.29, 0.717) is 21.5 Å². The average Bonchev–Trinajstić information content (AvgIpc) is 2.38. The lowest BCUT2D eigenvalue weighted by molar-refractivity contribution is 0.102. The summed E-state index contributed by atoms with van der Waals surface area (Å²) in [5.41, 5.74) is 0.970. The van der Waals surface area contributed by atoms with E-state index >= 15 is 0 Å². The van der Waals surface area contributed by atoms with E-state index in [1.807, 2.05) is 0 Å². The van der Waals surface area contributed by atoms with E-state index in [1.165, 1.54) is 18.2 Å². The summed E-state index contributed by atoms with van der Waals surface area (Å²) >= 11 is 6.51. The van der Waals surface area contributed by atoms with Gasteiger partial charge in [0.15, 0.2) is 0 Å². The Labute approximate surface area is 132 Å². The number of amides is 1. The van der Waals surface area contributed by atoms with E-state index < -0.39 is 5.82 Å². The molecule has 2 aromatic rings. The van der Waals surface area contributed by atoms with Crippen molar-refractivity contribution in [2.75, 3.05) is 12.4 Å². The van der Waals surface area contributed by atoms with E-state index in [4.69, 9.17) is 4.74 Å². The lowest BCUT2D eigenvalue weighted by atomic mass is 10.2. The lowest BCUT2D eigenvalue weighted by Crippen LogP contribution is -2.12. The number of hydrogen-bond acceptors (Lipinski definition) is 2. The second-order valence-corrected chi connectivity index (χ2v) is 5.64. The van der Waals surface area contributed by atoms with Crippen LogP contribution in [0.15, 0.2) is 45.3 Å². The Kier molecular flexibility index (Phi) is 4.77. The van der Waals surface area contributed by atoms with Crippen LogP contribution in [-0.2, 0) is 0 Å². The van der Waals surface area contributed by atoms with Gasteiger partial charge in [-0.15, -0.1) is 0 Å². The van der Waals surface area contributed by atoms with Crippen molar-refractivity contribution in [2.45, 2.75) is 0 Å². The summed E-state index contributed by atoms with van der Waals surface area (Å²) in [4.78, 5) is 12.1. The Morgan fingerprint density at radius 2 is 1.90 bits per heavy atom. The summed E-state index contributed by atoms with van der Waals surface area (Å²) in [7, 11) is 1.56. The summed E-state index contributed by atoms with van der Waals surface area (Å²) in [5.74, 6) is -0.0551. The van der Waals surface area contributed by atoms with Crippen LogP contribution >= 0.6 is 31.9 Å². The number of carbonyl (C=O) groups is 1. The molecule has 0 atom stereocenters. The number of ether oxygens (including phenoxy) is 1. The molecule has 0 aliphatic heterocycles. The molecule has 0 bridgehead atoms. The Morgan fingerprint density at radius 3 is 2.50 bits per heavy atom. The van der Waals surface area contributed by atoms with Gasteiger partial charge in [0.25, 0.3) is 5.91 Å². The highest BCUT2D eigenvalue weighted by Crippen LogP contribution is 2.28. The zero-order chi connectivity index (χ0) is 14.7. The summed E-state index contributed by atoms with van der Waals surface area (Å²) in [5, 5.41) is 2.73. The van der Waals surface area contributed by atoms with Crippen molar-refractivity contribution in [2.24, 2.45) is 0 Å². The van der Waals surface area contributed by atoms with Crippen molar-refractivity contribution in [3.63, 3.8) is 0 Å². The van der Waals surface area contributed by atoms with Gasteiger partial charge in [0.1, 0.15) is 11.6 Å². The van der Waals surface area contributed by atoms with Gasteiger partial charge in [-0.2, -0.15) is 0 Å². The molecular weight excluding hydrogens is 393 g/mol. The van der Waals surface area contributed by atoms with Gasteiger partial charge in [0.2, 0.25) is 0 Å². The third-order valence-electron chi connectivity index (χ3n) is 2.59. The van der Waals surface area contributed by atoms with Crippen LogP contribution in [0.5, 0.6) is 5.75 Å². The number of hydrogen-bond donors (Lipinski definition) is 1. The fourth-order valence-corrected chi connectivity index (χ4v) is 2.69. The van der Waals surface area contributed by atoms with Crippen LogP contribution < -0.4 is 10.1 Å². The molecule has 0 heterocycles. The first-order valence-corrected chi connectivity index (χ1v) is 7.20. The summed E-state index contributed by atoms with van der Waals surface area (Å²) in [6, 6.07) is 9.10. The SMILES string of the molecule is COc1ccc(NC(=O)c2ccc(F)cc2Br)cc1Br. The third-order valence-corrected chi connectivity index (χ3v) is 3.86. The fraction of sp³-hybridized carbons (Fsp3) is 0.0714. The van der Waals surface area contributed by atoms with Crippen LogP contribution in [0.4, 0.5) is 10.1 Å². The Morgan fingerprint density at radius 1 is 1.15 bits per heavy atom. The average molecular weight is 403 g/mol. The molecule has 1 amide bonds. The number of rotatable bonds is 3. The van der Waals surface area contributed by atoms with Crippen molar-refractivity contribution in [3.8, 4) is 5.75 Å². The maximum atomic E-state index is 13.0. The maximum Gasteiger partial charge on any atom is 0.256 e. The molecule has 0 aromatic heterocycles. The molecule has 0 saturated heterocycles. The molecule has 104 valence electrons. The minimum atomic E-state index is -0.402. The predicted molar refractivity (Wildman–Crippen MR) is 82.7 cm³/mol. The van der Waals surface area contributed by atoms with Crippen molar-refractivity contribution in [1.82, 2.24) is 0 Å². The molecule has 0 aliphatic carbocycles. The standard InChI is InChI=1S/C14H10Br2FNO2/c1-20-13-5-3-9(7-12(13)16)18-14(19)10-4-2-8(17)6-11(10)15/h2-7H,1H3,(H,18,19). The first-order valence-electron chi connectivity index (χ1n) is 5.61. The third kappa shape index (κ3) is 3.37. The number of benzene rings is 2. The second-order valence-electron chi connectivity index (χ2n) is 3.93. The zero-order valence-corrected chi connectivity index (χ0v) is 13.6. The summed E-state index contributed by atoms with van der Waals surface area (Å²) < 4.78 is 19.2. The molecule has 2 aromatic carbocycles. The molecule has 1 N–H and O–H groups in total. The summed E-state index contributed by atoms with van der Waals surface area (Å²) in [6.45, 7) is 0. The van der Waals surface area contributed by atoms with Crippen molar-refractivity contribution in [3.05, 3.63) is 56.7 Å². The van der Waals surface area contributed by atoms with Crippen LogP contribution in [-0.4, -0.2) is 13.0 Å². The minimum Gasteiger partial charge on any atom is -0.496 e. The molecule has 0 aliphatic rings. The lowest BCUT2D eigenvalue weighted by Gasteiger charge is -2.09. The van der Waals surface area contributed by atoms with Crippen LogP contribution in [0.2, 0.25) is 0 Å². The van der Waals surface area contributed by atoms with Gasteiger partial charge in [0.05, 0.1) is 17.1 Å². The Hall–Kier alpha value is -1.40. The molecule has 3 nitrogen and oxygen atoms in total. The van der Waals surface area contributed by atoms with Crippen molar-refractivity contribution < 1.29 is 13.9 Å². The van der Waals surface area contributed by atoms with Gasteiger partial charge >= 0.3 is 0 Å². The molecule has 6 heteroatoms. The second kappa shape index (κ2) is 6.37. The fourth-order valence-electron chi connectivity index (χ4n) is 1.62. The molecule has 0 unspecified atom stereocenters. The van der Waals surface area contributed by atoms with E-state index in [1.54, 1.807) is 25.3 Å². The molecule has 0 saturated carbocycles. The summed E-state index contributed by atoms with van der Waals surface area (Å²) in [6.07, 6.45) is 0. The predicted octanol–water partition coefficient (Wildman–Crippen LogP) is 4.61. The van der Waals surface area contributed by atoms with E-state index in [9.17, 15) is 9.18 Å². The van der Waals surface area contributed by atoms with Gasteiger partial charge in [-0.3, -0.25) is 4.79 Å². The number of methoxy groups -OCH3 is 1. The van der Waals surface area contributed by atoms with Gasteiger partial charge in [-0.05, 0) is 68.3 Å². The highest BCUT2D eigenvalue weighted by molar-refractivity contribution is 9.10. The normalized spacial score (nSPS) is 10.2. The first kappa shape index (κ1) is 15.0. The number of nitrogens with one attached hydrogen (secondary N) is 1. The van der Waals surface area contributed by atoms with Crippen molar-refractivity contribution in [1.29, 1.82) is 0 Å². The molecule has 2 rings (SSSR count). The van der Waals surface area contributed by atoms with Gasteiger partial charge in [0, 0.05) is 10.2 Å². The zero-order valence-electron chi connectivity index (χ0n) is 10.4. The van der Waals surface area contributed by atoms with E-state index in [-0.39, 0.29) is 5.91 Å². The number of carbonyl (C=O) groups excluding carboxylic acids is 1. The van der Waals surface area contributed by atoms with Gasteiger partial charge < -0.3 is 10.1 Å². The number of anilines is 1. The monoisotopic (exact) mass is 401 g/mol. The topological polar surface area (TPSA) is 38.3 Å². The number of halogens is 3. The Bertz CT molecular complexity index is 662. The molecule has 20 heavy (non-hydrogen) atoms. The molecular formula is C14H10Br2FNO2. The molecule has 0 spiro atoms. The van der Waals surface area contributed by atoms with Crippen LogP contribution in [0.3, 0.4) is 0 Å². The molecule has 0 fully saturated rings. The van der Waals surface area contributed by atoms with Crippen LogP contribution in [0.25, 0.3) is 0 Å². The highest BCUT2D eigenvalue weighted by atomic mass is 79.9. The van der Waals surface area contributed by atoms with Crippen LogP contribution in [0.1, 0.15) is 10.4 Å². The highest BCUT2D eigenvalue weighted by Gasteiger charge is 2.11. The largest absolute Gasteiger partial charge is 0.496 e. The maximum absolute atomic E-state index is 13.0.